The Balaban J connectivity index is 1.40. The van der Waals surface area contributed by atoms with Crippen LogP contribution in [0.3, 0.4) is 0 Å². The predicted octanol–water partition coefficient (Wildman–Crippen LogP) is 1.94. The van der Waals surface area contributed by atoms with E-state index >= 15 is 0 Å². The Morgan fingerprint density at radius 2 is 1.56 bits per heavy atom. The first-order valence-corrected chi connectivity index (χ1v) is 8.06. The van der Waals surface area contributed by atoms with Crippen molar-refractivity contribution in [3.05, 3.63) is 0 Å². The van der Waals surface area contributed by atoms with Crippen LogP contribution in [0.25, 0.3) is 0 Å². The second-order valence-corrected chi connectivity index (χ2v) is 5.97. The minimum Gasteiger partial charge on any atom is -0.314 e. The lowest BCUT2D eigenvalue weighted by Gasteiger charge is -2.34. The van der Waals surface area contributed by atoms with Gasteiger partial charge in [0.05, 0.1) is 0 Å². The van der Waals surface area contributed by atoms with Crippen molar-refractivity contribution in [3.63, 3.8) is 0 Å². The number of unbranched alkanes of at least 4 members (excludes halogenated alkanes) is 2. The highest BCUT2D eigenvalue weighted by molar-refractivity contribution is 4.80. The number of nitrogens with one attached hydrogen (secondary N) is 1. The summed E-state index contributed by atoms with van der Waals surface area (Å²) in [6.07, 6.45) is 8.29. The fourth-order valence-electron chi connectivity index (χ4n) is 2.78. The molecule has 0 amide bonds. The fraction of sp³-hybridized carbons (Fsp3) is 1.00. The molecule has 1 N–H and O–H groups in total. The molecule has 0 spiro atoms. The molecule has 1 heterocycles. The van der Waals surface area contributed by atoms with Crippen LogP contribution < -0.4 is 5.32 Å². The summed E-state index contributed by atoms with van der Waals surface area (Å²) < 4.78 is 0. The standard InChI is InChI=1S/C15H31N3/c1-2-9-17-11-13-18(14-12-17)10-5-3-4-8-16-15-6-7-15/h15-16H,2-14H2,1H3. The minimum atomic E-state index is 0.886. The van der Waals surface area contributed by atoms with Crippen molar-refractivity contribution in [2.45, 2.75) is 51.5 Å². The lowest BCUT2D eigenvalue weighted by atomic mass is 10.2. The highest BCUT2D eigenvalue weighted by Gasteiger charge is 2.19. The molecular formula is C15H31N3. The summed E-state index contributed by atoms with van der Waals surface area (Å²) in [6, 6.07) is 0.886. The number of nitrogens with zero attached hydrogens (tertiary/aromatic N) is 2. The van der Waals surface area contributed by atoms with Gasteiger partial charge in [0, 0.05) is 32.2 Å². The summed E-state index contributed by atoms with van der Waals surface area (Å²) in [5.41, 5.74) is 0. The Bertz CT molecular complexity index is 208. The molecule has 3 heteroatoms. The first-order valence-electron chi connectivity index (χ1n) is 8.06. The molecule has 1 saturated heterocycles. The second kappa shape index (κ2) is 8.13. The molecule has 1 saturated carbocycles. The van der Waals surface area contributed by atoms with Crippen LogP contribution in [0.1, 0.15) is 45.4 Å². The monoisotopic (exact) mass is 253 g/mol. The van der Waals surface area contributed by atoms with Gasteiger partial charge in [0.25, 0.3) is 0 Å². The maximum absolute atomic E-state index is 3.59. The van der Waals surface area contributed by atoms with Gasteiger partial charge in [-0.25, -0.2) is 0 Å². The number of hydrogen-bond donors (Lipinski definition) is 1. The van der Waals surface area contributed by atoms with E-state index in [-0.39, 0.29) is 0 Å². The van der Waals surface area contributed by atoms with E-state index in [0.717, 1.165) is 6.04 Å². The van der Waals surface area contributed by atoms with Crippen LogP contribution in [0.5, 0.6) is 0 Å². The predicted molar refractivity (Wildman–Crippen MR) is 78.0 cm³/mol. The van der Waals surface area contributed by atoms with Crippen molar-refractivity contribution in [1.29, 1.82) is 0 Å². The highest BCUT2D eigenvalue weighted by Crippen LogP contribution is 2.18. The zero-order chi connectivity index (χ0) is 12.6. The van der Waals surface area contributed by atoms with Crippen LogP contribution in [0.4, 0.5) is 0 Å². The summed E-state index contributed by atoms with van der Waals surface area (Å²) in [5, 5.41) is 3.59. The Kier molecular flexibility index (Phi) is 6.46. The Morgan fingerprint density at radius 1 is 0.889 bits per heavy atom. The lowest BCUT2D eigenvalue weighted by Crippen LogP contribution is -2.46. The first kappa shape index (κ1) is 14.3. The van der Waals surface area contributed by atoms with Crippen molar-refractivity contribution in [2.24, 2.45) is 0 Å². The Labute approximate surface area is 113 Å². The molecule has 2 aliphatic rings. The Hall–Kier alpha value is -0.120. The molecule has 0 bridgehead atoms. The molecule has 0 unspecified atom stereocenters. The van der Waals surface area contributed by atoms with Gasteiger partial charge in [0.2, 0.25) is 0 Å². The maximum atomic E-state index is 3.59. The van der Waals surface area contributed by atoms with Crippen LogP contribution in [0, 0.1) is 0 Å². The van der Waals surface area contributed by atoms with Crippen molar-refractivity contribution in [2.75, 3.05) is 45.8 Å². The van der Waals surface area contributed by atoms with E-state index < -0.39 is 0 Å². The van der Waals surface area contributed by atoms with Crippen molar-refractivity contribution < 1.29 is 0 Å². The van der Waals surface area contributed by atoms with E-state index in [1.807, 2.05) is 0 Å². The molecule has 2 rings (SSSR count). The molecule has 18 heavy (non-hydrogen) atoms. The summed E-state index contributed by atoms with van der Waals surface area (Å²) in [5.74, 6) is 0. The summed E-state index contributed by atoms with van der Waals surface area (Å²) in [7, 11) is 0. The van der Waals surface area contributed by atoms with Crippen LogP contribution >= 0.6 is 0 Å². The van der Waals surface area contributed by atoms with Crippen molar-refractivity contribution in [1.82, 2.24) is 15.1 Å². The number of piperazine rings is 1. The highest BCUT2D eigenvalue weighted by atomic mass is 15.3. The largest absolute Gasteiger partial charge is 0.314 e. The van der Waals surface area contributed by atoms with Gasteiger partial charge >= 0.3 is 0 Å². The van der Waals surface area contributed by atoms with Gasteiger partial charge in [-0.15, -0.1) is 0 Å². The molecule has 3 nitrogen and oxygen atoms in total. The second-order valence-electron chi connectivity index (χ2n) is 5.97. The zero-order valence-electron chi connectivity index (χ0n) is 12.2. The Morgan fingerprint density at radius 3 is 2.17 bits per heavy atom. The average Bonchev–Trinajstić information content (AvgIpc) is 3.20. The molecule has 0 atom stereocenters. The third kappa shape index (κ3) is 5.68. The van der Waals surface area contributed by atoms with E-state index in [9.17, 15) is 0 Å². The van der Waals surface area contributed by atoms with Gasteiger partial charge in [-0.3, -0.25) is 0 Å². The van der Waals surface area contributed by atoms with Gasteiger partial charge in [-0.1, -0.05) is 13.3 Å². The van der Waals surface area contributed by atoms with E-state index in [2.05, 4.69) is 22.0 Å². The molecule has 0 aromatic carbocycles. The van der Waals surface area contributed by atoms with Crippen molar-refractivity contribution in [3.8, 4) is 0 Å². The molecule has 2 fully saturated rings. The van der Waals surface area contributed by atoms with E-state index in [1.165, 1.54) is 84.3 Å². The molecule has 1 aliphatic heterocycles. The summed E-state index contributed by atoms with van der Waals surface area (Å²) >= 11 is 0. The van der Waals surface area contributed by atoms with Gasteiger partial charge in [0.15, 0.2) is 0 Å². The molecule has 106 valence electrons. The molecular weight excluding hydrogens is 222 g/mol. The smallest absolute Gasteiger partial charge is 0.0110 e. The molecule has 1 aliphatic carbocycles. The van der Waals surface area contributed by atoms with Gasteiger partial charge < -0.3 is 15.1 Å². The first-order chi connectivity index (χ1) is 8.88. The third-order valence-corrected chi connectivity index (χ3v) is 4.17. The summed E-state index contributed by atoms with van der Waals surface area (Å²) in [6.45, 7) is 11.3. The van der Waals surface area contributed by atoms with Gasteiger partial charge in [-0.05, 0) is 51.7 Å². The SMILES string of the molecule is CCCN1CCN(CCCCCNC2CC2)CC1. The average molecular weight is 253 g/mol. The van der Waals surface area contributed by atoms with Crippen LogP contribution in [-0.2, 0) is 0 Å². The molecule has 0 aromatic rings. The maximum Gasteiger partial charge on any atom is 0.0110 e. The molecule has 0 radical (unpaired) electrons. The zero-order valence-corrected chi connectivity index (χ0v) is 12.2. The van der Waals surface area contributed by atoms with E-state index in [1.54, 1.807) is 0 Å². The van der Waals surface area contributed by atoms with Gasteiger partial charge in [0.1, 0.15) is 0 Å². The fourth-order valence-corrected chi connectivity index (χ4v) is 2.78. The minimum absolute atomic E-state index is 0.886. The van der Waals surface area contributed by atoms with Crippen LogP contribution in [0.15, 0.2) is 0 Å². The summed E-state index contributed by atoms with van der Waals surface area (Å²) in [4.78, 5) is 5.26. The molecule has 0 aromatic heterocycles. The van der Waals surface area contributed by atoms with Gasteiger partial charge in [-0.2, -0.15) is 0 Å². The van der Waals surface area contributed by atoms with Crippen LogP contribution in [-0.4, -0.2) is 61.7 Å². The van der Waals surface area contributed by atoms with E-state index in [4.69, 9.17) is 0 Å². The lowest BCUT2D eigenvalue weighted by molar-refractivity contribution is 0.131. The van der Waals surface area contributed by atoms with E-state index in [0.29, 0.717) is 0 Å². The normalized spacial score (nSPS) is 22.5. The third-order valence-electron chi connectivity index (χ3n) is 4.17. The van der Waals surface area contributed by atoms with Crippen LogP contribution in [0.2, 0.25) is 0 Å². The topological polar surface area (TPSA) is 18.5 Å². The number of rotatable bonds is 9. The number of hydrogen-bond acceptors (Lipinski definition) is 3. The van der Waals surface area contributed by atoms with Crippen molar-refractivity contribution >= 4 is 0 Å². The quantitative estimate of drug-likeness (QED) is 0.634.